The summed E-state index contributed by atoms with van der Waals surface area (Å²) in [5.74, 6) is -0.259. The quantitative estimate of drug-likeness (QED) is 0.355. The second kappa shape index (κ2) is 2.27. The number of rotatable bonds is 0. The van der Waals surface area contributed by atoms with Crippen LogP contribution in [0.4, 0.5) is 4.79 Å². The number of carbonyl (C=O) groups is 2. The topological polar surface area (TPSA) is 93.2 Å². The molecule has 0 aromatic heterocycles. The first-order valence-corrected chi connectivity index (χ1v) is 1.87. The van der Waals surface area contributed by atoms with Gasteiger partial charge in [0.15, 0.2) is 0 Å². The maximum absolute atomic E-state index is 10.1. The molecule has 0 aliphatic carbocycles. The molecule has 46 valence electrons. The van der Waals surface area contributed by atoms with E-state index in [4.69, 9.17) is 0 Å². The molecule has 1 aliphatic rings. The van der Waals surface area contributed by atoms with Gasteiger partial charge in [0.2, 0.25) is 5.91 Å². The van der Waals surface area contributed by atoms with Gasteiger partial charge in [-0.15, -0.1) is 0 Å². The molecule has 1 heterocycles. The molecule has 0 bridgehead atoms. The molecule has 3 amide bonds. The van der Waals surface area contributed by atoms with Crippen LogP contribution >= 0.6 is 0 Å². The van der Waals surface area contributed by atoms with Crippen LogP contribution in [0.25, 0.3) is 0 Å². The van der Waals surface area contributed by atoms with E-state index in [0.29, 0.717) is 0 Å². The van der Waals surface area contributed by atoms with Gasteiger partial charge in [0, 0.05) is 0 Å². The first kappa shape index (κ1) is 6.90. The third-order valence-electron chi connectivity index (χ3n) is 0.662. The Balaban J connectivity index is 0.000000490. The van der Waals surface area contributed by atoms with Crippen LogP contribution in [-0.4, -0.2) is 18.5 Å². The van der Waals surface area contributed by atoms with Crippen LogP contribution in [0.5, 0.6) is 0 Å². The minimum atomic E-state index is -0.398. The highest BCUT2D eigenvalue weighted by Gasteiger charge is 2.14. The van der Waals surface area contributed by atoms with Crippen molar-refractivity contribution in [2.24, 2.45) is 0 Å². The van der Waals surface area contributed by atoms with Crippen molar-refractivity contribution in [1.29, 1.82) is 0 Å². The number of imide groups is 1. The van der Waals surface area contributed by atoms with E-state index in [1.54, 1.807) is 0 Å². The van der Waals surface area contributed by atoms with Crippen molar-refractivity contribution in [3.8, 4) is 0 Å². The zero-order valence-electron chi connectivity index (χ0n) is 4.23. The largest absolute Gasteiger partial charge is 0.344 e. The van der Waals surface area contributed by atoms with Crippen LogP contribution < -0.4 is 16.8 Å². The second-order valence-corrected chi connectivity index (χ2v) is 1.23. The van der Waals surface area contributed by atoms with E-state index in [9.17, 15) is 9.59 Å². The minimum Gasteiger partial charge on any atom is -0.344 e. The lowest BCUT2D eigenvalue weighted by atomic mass is 10.7. The van der Waals surface area contributed by atoms with Crippen LogP contribution in [0, 0.1) is 0 Å². The van der Waals surface area contributed by atoms with Crippen molar-refractivity contribution in [3.63, 3.8) is 0 Å². The lowest BCUT2D eigenvalue weighted by Crippen LogP contribution is -2.22. The number of amides is 3. The number of hydrogen-bond acceptors (Lipinski definition) is 3. The SMILES string of the molecule is N.O=C1CNC(=O)N1. The van der Waals surface area contributed by atoms with Gasteiger partial charge in [0.1, 0.15) is 0 Å². The van der Waals surface area contributed by atoms with E-state index >= 15 is 0 Å². The predicted octanol–water partition coefficient (Wildman–Crippen LogP) is -1.01. The van der Waals surface area contributed by atoms with E-state index in [1.165, 1.54) is 0 Å². The Morgan fingerprint density at radius 3 is 2.12 bits per heavy atom. The van der Waals surface area contributed by atoms with Crippen LogP contribution in [0.3, 0.4) is 0 Å². The zero-order valence-corrected chi connectivity index (χ0v) is 4.23. The Kier molecular flexibility index (Phi) is 1.96. The second-order valence-electron chi connectivity index (χ2n) is 1.23. The molecular weight excluding hydrogens is 110 g/mol. The molecular formula is C3H7N3O2. The fraction of sp³-hybridized carbons (Fsp3) is 0.333. The van der Waals surface area contributed by atoms with Crippen LogP contribution in [0.15, 0.2) is 0 Å². The number of hydrogen-bond donors (Lipinski definition) is 3. The summed E-state index contributed by atoms with van der Waals surface area (Å²) in [7, 11) is 0. The lowest BCUT2D eigenvalue weighted by Gasteiger charge is -1.78. The molecule has 1 aliphatic heterocycles. The van der Waals surface area contributed by atoms with E-state index in [0.717, 1.165) is 0 Å². The Morgan fingerprint density at radius 1 is 1.38 bits per heavy atom. The molecule has 0 aromatic rings. The van der Waals surface area contributed by atoms with Gasteiger partial charge < -0.3 is 11.5 Å². The summed E-state index contributed by atoms with van der Waals surface area (Å²) in [6.45, 7) is 0.124. The van der Waals surface area contributed by atoms with E-state index in [1.807, 2.05) is 5.32 Å². The van der Waals surface area contributed by atoms with Gasteiger partial charge in [-0.3, -0.25) is 10.1 Å². The highest BCUT2D eigenvalue weighted by atomic mass is 16.2. The molecule has 0 atom stereocenters. The molecule has 0 unspecified atom stereocenters. The fourth-order valence-corrected chi connectivity index (χ4v) is 0.376. The average molecular weight is 117 g/mol. The Bertz CT molecular complexity index is 108. The van der Waals surface area contributed by atoms with Gasteiger partial charge in [-0.2, -0.15) is 0 Å². The van der Waals surface area contributed by atoms with Crippen molar-refractivity contribution in [2.75, 3.05) is 6.54 Å². The maximum Gasteiger partial charge on any atom is 0.321 e. The first-order valence-electron chi connectivity index (χ1n) is 1.87. The fourth-order valence-electron chi connectivity index (χ4n) is 0.376. The van der Waals surface area contributed by atoms with Crippen molar-refractivity contribution in [3.05, 3.63) is 0 Å². The summed E-state index contributed by atoms with van der Waals surface area (Å²) in [5.41, 5.74) is 0. The number of nitrogens with one attached hydrogen (secondary N) is 2. The van der Waals surface area contributed by atoms with Gasteiger partial charge in [0.25, 0.3) is 0 Å². The monoisotopic (exact) mass is 117 g/mol. The van der Waals surface area contributed by atoms with Crippen LogP contribution in [-0.2, 0) is 4.79 Å². The van der Waals surface area contributed by atoms with Gasteiger partial charge in [-0.1, -0.05) is 0 Å². The third-order valence-corrected chi connectivity index (χ3v) is 0.662. The van der Waals surface area contributed by atoms with Crippen molar-refractivity contribution >= 4 is 11.9 Å². The molecule has 1 fully saturated rings. The van der Waals surface area contributed by atoms with Crippen LogP contribution in [0.1, 0.15) is 0 Å². The molecule has 0 radical (unpaired) electrons. The smallest absolute Gasteiger partial charge is 0.321 e. The molecule has 0 spiro atoms. The van der Waals surface area contributed by atoms with Gasteiger partial charge in [-0.25, -0.2) is 4.79 Å². The molecule has 0 saturated carbocycles. The van der Waals surface area contributed by atoms with Gasteiger partial charge in [0.05, 0.1) is 6.54 Å². The van der Waals surface area contributed by atoms with Crippen molar-refractivity contribution in [2.45, 2.75) is 0 Å². The Hall–Kier alpha value is -1.10. The molecule has 5 nitrogen and oxygen atoms in total. The maximum atomic E-state index is 10.1. The number of carbonyl (C=O) groups excluding carboxylic acids is 2. The zero-order chi connectivity index (χ0) is 5.28. The Labute approximate surface area is 46.0 Å². The molecule has 8 heavy (non-hydrogen) atoms. The molecule has 5 N–H and O–H groups in total. The Morgan fingerprint density at radius 2 is 2.00 bits per heavy atom. The average Bonchev–Trinajstić information content (AvgIpc) is 1.87. The first-order chi connectivity index (χ1) is 3.29. The van der Waals surface area contributed by atoms with Gasteiger partial charge in [-0.05, 0) is 0 Å². The van der Waals surface area contributed by atoms with Crippen LogP contribution in [0.2, 0.25) is 0 Å². The molecule has 1 saturated heterocycles. The number of urea groups is 1. The van der Waals surface area contributed by atoms with E-state index in [2.05, 4.69) is 5.32 Å². The predicted molar refractivity (Wildman–Crippen MR) is 26.6 cm³/mol. The van der Waals surface area contributed by atoms with E-state index in [-0.39, 0.29) is 18.6 Å². The normalized spacial score (nSPS) is 16.5. The standard InChI is InChI=1S/C3H4N2O2.H3N/c6-2-1-4-3(7)5-2;/h1H2,(H2,4,5,6,7);1H3. The van der Waals surface area contributed by atoms with Gasteiger partial charge >= 0.3 is 6.03 Å². The van der Waals surface area contributed by atoms with Crippen molar-refractivity contribution < 1.29 is 9.59 Å². The molecule has 0 aromatic carbocycles. The minimum absolute atomic E-state index is 0. The van der Waals surface area contributed by atoms with Crippen molar-refractivity contribution in [1.82, 2.24) is 16.8 Å². The lowest BCUT2D eigenvalue weighted by molar-refractivity contribution is -0.117. The summed E-state index contributed by atoms with van der Waals surface area (Å²) in [6.07, 6.45) is 0. The summed E-state index contributed by atoms with van der Waals surface area (Å²) in [4.78, 5) is 20.1. The molecule has 1 rings (SSSR count). The summed E-state index contributed by atoms with van der Waals surface area (Å²) in [6, 6.07) is -0.398. The highest BCUT2D eigenvalue weighted by Crippen LogP contribution is 1.73. The highest BCUT2D eigenvalue weighted by molar-refractivity contribution is 6.01. The third kappa shape index (κ3) is 1.19. The summed E-state index contributed by atoms with van der Waals surface area (Å²) >= 11 is 0. The van der Waals surface area contributed by atoms with E-state index < -0.39 is 6.03 Å². The summed E-state index contributed by atoms with van der Waals surface area (Å²) < 4.78 is 0. The summed E-state index contributed by atoms with van der Waals surface area (Å²) in [5, 5.41) is 4.30. The molecule has 5 heteroatoms.